The average Bonchev–Trinajstić information content (AvgIpc) is 2.98. The fourth-order valence-electron chi connectivity index (χ4n) is 3.21. The Hall–Kier alpha value is -2.86. The molecule has 4 rings (SSSR count). The molecule has 0 saturated heterocycles. The van der Waals surface area contributed by atoms with Crippen LogP contribution in [0.3, 0.4) is 0 Å². The van der Waals surface area contributed by atoms with Crippen molar-refractivity contribution in [2.24, 2.45) is 0 Å². The Labute approximate surface area is 162 Å². The molecule has 0 aliphatic carbocycles. The lowest BCUT2D eigenvalue weighted by atomic mass is 9.97. The molecule has 1 amide bonds. The SMILES string of the molecule is CC(C)c1ccccc1-c1ncc2c(n1)N(Cc1cnc(Cl)cn1)C(=O)C2. The lowest BCUT2D eigenvalue weighted by Crippen LogP contribution is -2.27. The van der Waals surface area contributed by atoms with Crippen LogP contribution in [0.25, 0.3) is 11.4 Å². The first kappa shape index (κ1) is 17.5. The maximum absolute atomic E-state index is 12.5. The van der Waals surface area contributed by atoms with E-state index in [1.165, 1.54) is 11.8 Å². The smallest absolute Gasteiger partial charge is 0.233 e. The summed E-state index contributed by atoms with van der Waals surface area (Å²) in [7, 11) is 0. The maximum Gasteiger partial charge on any atom is 0.233 e. The van der Waals surface area contributed by atoms with Gasteiger partial charge in [0.15, 0.2) is 5.82 Å². The lowest BCUT2D eigenvalue weighted by Gasteiger charge is -2.17. The second-order valence-corrected chi connectivity index (χ2v) is 7.16. The fraction of sp³-hybridized carbons (Fsp3) is 0.250. The summed E-state index contributed by atoms with van der Waals surface area (Å²) in [5, 5.41) is 0.321. The highest BCUT2D eigenvalue weighted by Crippen LogP contribution is 2.32. The molecular formula is C20H18ClN5O. The van der Waals surface area contributed by atoms with E-state index in [0.717, 1.165) is 11.1 Å². The van der Waals surface area contributed by atoms with Gasteiger partial charge in [-0.2, -0.15) is 0 Å². The van der Waals surface area contributed by atoms with Crippen molar-refractivity contribution in [3.63, 3.8) is 0 Å². The summed E-state index contributed by atoms with van der Waals surface area (Å²) >= 11 is 5.79. The van der Waals surface area contributed by atoms with E-state index in [0.29, 0.717) is 41.4 Å². The number of carbonyl (C=O) groups is 1. The highest BCUT2D eigenvalue weighted by atomic mass is 35.5. The molecule has 0 bridgehead atoms. The van der Waals surface area contributed by atoms with Crippen molar-refractivity contribution in [1.82, 2.24) is 19.9 Å². The van der Waals surface area contributed by atoms with Crippen molar-refractivity contribution < 1.29 is 4.79 Å². The Morgan fingerprint density at radius 2 is 1.93 bits per heavy atom. The van der Waals surface area contributed by atoms with E-state index in [4.69, 9.17) is 16.6 Å². The second-order valence-electron chi connectivity index (χ2n) is 6.77. The third-order valence-corrected chi connectivity index (χ3v) is 4.75. The van der Waals surface area contributed by atoms with Gasteiger partial charge in [-0.3, -0.25) is 14.7 Å². The van der Waals surface area contributed by atoms with Gasteiger partial charge >= 0.3 is 0 Å². The number of amides is 1. The minimum atomic E-state index is -0.0228. The number of fused-ring (bicyclic) bond motifs is 1. The van der Waals surface area contributed by atoms with Gasteiger partial charge in [0.25, 0.3) is 0 Å². The van der Waals surface area contributed by atoms with Gasteiger partial charge in [-0.1, -0.05) is 49.7 Å². The minimum Gasteiger partial charge on any atom is -0.290 e. The number of halogens is 1. The quantitative estimate of drug-likeness (QED) is 0.689. The number of anilines is 1. The topological polar surface area (TPSA) is 71.9 Å². The summed E-state index contributed by atoms with van der Waals surface area (Å²) in [4.78, 5) is 31.7. The molecule has 3 aromatic rings. The molecule has 0 radical (unpaired) electrons. The van der Waals surface area contributed by atoms with Crippen LogP contribution in [0.4, 0.5) is 5.82 Å². The molecule has 0 N–H and O–H groups in total. The number of nitrogens with zero attached hydrogens (tertiary/aromatic N) is 5. The molecule has 27 heavy (non-hydrogen) atoms. The van der Waals surface area contributed by atoms with Gasteiger partial charge in [-0.15, -0.1) is 0 Å². The summed E-state index contributed by atoms with van der Waals surface area (Å²) in [6.07, 6.45) is 5.09. The Balaban J connectivity index is 1.72. The molecule has 136 valence electrons. The van der Waals surface area contributed by atoms with Crippen LogP contribution >= 0.6 is 11.6 Å². The van der Waals surface area contributed by atoms with Crippen LogP contribution in [-0.4, -0.2) is 25.8 Å². The van der Waals surface area contributed by atoms with Crippen LogP contribution in [0.5, 0.6) is 0 Å². The predicted octanol–water partition coefficient (Wildman–Crippen LogP) is 3.80. The van der Waals surface area contributed by atoms with Crippen LogP contribution in [0.15, 0.2) is 42.9 Å². The summed E-state index contributed by atoms with van der Waals surface area (Å²) in [5.74, 6) is 1.59. The Morgan fingerprint density at radius 3 is 2.67 bits per heavy atom. The summed E-state index contributed by atoms with van der Waals surface area (Å²) in [6.45, 7) is 4.58. The highest BCUT2D eigenvalue weighted by Gasteiger charge is 2.30. The first-order chi connectivity index (χ1) is 13.0. The normalized spacial score (nSPS) is 13.3. The van der Waals surface area contributed by atoms with E-state index in [1.807, 2.05) is 18.2 Å². The van der Waals surface area contributed by atoms with Crippen molar-refractivity contribution in [2.45, 2.75) is 32.7 Å². The zero-order chi connectivity index (χ0) is 19.0. The monoisotopic (exact) mass is 379 g/mol. The van der Waals surface area contributed by atoms with Crippen LogP contribution in [0.1, 0.15) is 36.6 Å². The standard InChI is InChI=1S/C20H18ClN5O/c1-12(2)15-5-3-4-6-16(15)19-24-8-13-7-18(27)26(20(13)25-19)11-14-9-23-17(21)10-22-14/h3-6,8-10,12H,7,11H2,1-2H3. The molecule has 0 atom stereocenters. The van der Waals surface area contributed by atoms with Gasteiger partial charge in [0.2, 0.25) is 5.91 Å². The minimum absolute atomic E-state index is 0.0228. The molecule has 1 aliphatic rings. The molecule has 0 fully saturated rings. The van der Waals surface area contributed by atoms with E-state index >= 15 is 0 Å². The number of hydrogen-bond acceptors (Lipinski definition) is 5. The molecule has 1 aliphatic heterocycles. The van der Waals surface area contributed by atoms with Crippen molar-refractivity contribution in [3.05, 3.63) is 64.8 Å². The molecule has 1 aromatic carbocycles. The molecule has 3 heterocycles. The van der Waals surface area contributed by atoms with Crippen LogP contribution in [0, 0.1) is 0 Å². The number of carbonyl (C=O) groups excluding carboxylic acids is 1. The van der Waals surface area contributed by atoms with Gasteiger partial charge in [0.05, 0.1) is 31.1 Å². The Bertz CT molecular complexity index is 1000. The van der Waals surface area contributed by atoms with Gasteiger partial charge < -0.3 is 0 Å². The third kappa shape index (κ3) is 3.40. The van der Waals surface area contributed by atoms with Gasteiger partial charge in [-0.25, -0.2) is 15.0 Å². The average molecular weight is 380 g/mol. The molecule has 6 nitrogen and oxygen atoms in total. The summed E-state index contributed by atoms with van der Waals surface area (Å²) in [5.41, 5.74) is 3.65. The van der Waals surface area contributed by atoms with Gasteiger partial charge in [-0.05, 0) is 11.5 Å². The number of hydrogen-bond donors (Lipinski definition) is 0. The maximum atomic E-state index is 12.5. The highest BCUT2D eigenvalue weighted by molar-refractivity contribution is 6.29. The molecule has 7 heteroatoms. The molecule has 0 spiro atoms. The van der Waals surface area contributed by atoms with E-state index in [9.17, 15) is 4.79 Å². The van der Waals surface area contributed by atoms with E-state index in [1.54, 1.807) is 17.3 Å². The first-order valence-corrected chi connectivity index (χ1v) is 9.12. The molecule has 0 saturated carbocycles. The predicted molar refractivity (Wildman–Crippen MR) is 103 cm³/mol. The van der Waals surface area contributed by atoms with Gasteiger partial charge in [0, 0.05) is 17.3 Å². The molecular weight excluding hydrogens is 362 g/mol. The van der Waals surface area contributed by atoms with Crippen molar-refractivity contribution in [1.29, 1.82) is 0 Å². The molecule has 2 aromatic heterocycles. The van der Waals surface area contributed by atoms with Crippen molar-refractivity contribution >= 4 is 23.3 Å². The number of benzene rings is 1. The lowest BCUT2D eigenvalue weighted by molar-refractivity contribution is -0.117. The van der Waals surface area contributed by atoms with Crippen LogP contribution in [0.2, 0.25) is 5.15 Å². The first-order valence-electron chi connectivity index (χ1n) is 8.75. The Kier molecular flexibility index (Phi) is 4.58. The van der Waals surface area contributed by atoms with E-state index in [-0.39, 0.29) is 5.91 Å². The van der Waals surface area contributed by atoms with Gasteiger partial charge in [0.1, 0.15) is 11.0 Å². The summed E-state index contributed by atoms with van der Waals surface area (Å²) in [6, 6.07) is 8.09. The zero-order valence-corrected chi connectivity index (χ0v) is 15.8. The fourth-order valence-corrected chi connectivity index (χ4v) is 3.31. The van der Waals surface area contributed by atoms with E-state index in [2.05, 4.69) is 34.9 Å². The van der Waals surface area contributed by atoms with Crippen molar-refractivity contribution in [2.75, 3.05) is 4.90 Å². The van der Waals surface area contributed by atoms with E-state index < -0.39 is 0 Å². The summed E-state index contributed by atoms with van der Waals surface area (Å²) < 4.78 is 0. The second kappa shape index (κ2) is 7.04. The zero-order valence-electron chi connectivity index (χ0n) is 15.1. The number of aromatic nitrogens is 4. The number of rotatable bonds is 4. The largest absolute Gasteiger partial charge is 0.290 e. The third-order valence-electron chi connectivity index (χ3n) is 4.56. The van der Waals surface area contributed by atoms with Crippen LogP contribution < -0.4 is 4.90 Å². The molecule has 0 unspecified atom stereocenters. The Morgan fingerprint density at radius 1 is 1.11 bits per heavy atom. The van der Waals surface area contributed by atoms with Crippen LogP contribution in [-0.2, 0) is 17.8 Å². The van der Waals surface area contributed by atoms with Crippen molar-refractivity contribution in [3.8, 4) is 11.4 Å².